The Hall–Kier alpha value is -0.630. The quantitative estimate of drug-likeness (QED) is 0.729. The van der Waals surface area contributed by atoms with Gasteiger partial charge >= 0.3 is 0 Å². The fourth-order valence-electron chi connectivity index (χ4n) is 7.50. The molecule has 2 heteroatoms. The molecule has 4 saturated carbocycles. The Kier molecular flexibility index (Phi) is 3.58. The van der Waals surface area contributed by atoms with Crippen molar-refractivity contribution in [3.8, 4) is 0 Å². The molecule has 0 amide bonds. The smallest absolute Gasteiger partial charge is 0.133 e. The SMILES string of the molecule is C=C[C@]1(O)CC[C@H]2[C@H]3[C@H](CC[C@@]21C)[C@H]1CCC(=O)C[C@@H]1C[C@H]3C. The van der Waals surface area contributed by atoms with Crippen LogP contribution in [0.4, 0.5) is 0 Å². The van der Waals surface area contributed by atoms with E-state index < -0.39 is 5.60 Å². The molecule has 0 bridgehead atoms. The van der Waals surface area contributed by atoms with Crippen LogP contribution in [-0.4, -0.2) is 16.5 Å². The van der Waals surface area contributed by atoms with Gasteiger partial charge in [0.25, 0.3) is 0 Å². The fraction of sp³-hybridized carbons (Fsp3) is 0.857. The van der Waals surface area contributed by atoms with Crippen molar-refractivity contribution in [2.45, 2.75) is 70.8 Å². The summed E-state index contributed by atoms with van der Waals surface area (Å²) >= 11 is 0. The molecular formula is C21H32O2. The lowest BCUT2D eigenvalue weighted by Crippen LogP contribution is -2.55. The highest BCUT2D eigenvalue weighted by molar-refractivity contribution is 5.79. The van der Waals surface area contributed by atoms with Gasteiger partial charge in [0.05, 0.1) is 5.60 Å². The normalized spacial score (nSPS) is 55.7. The Labute approximate surface area is 140 Å². The Bertz CT molecular complexity index is 526. The molecule has 4 aliphatic rings. The summed E-state index contributed by atoms with van der Waals surface area (Å²) in [7, 11) is 0. The maximum Gasteiger partial charge on any atom is 0.133 e. The van der Waals surface area contributed by atoms with Gasteiger partial charge in [-0.05, 0) is 74.0 Å². The number of ketones is 1. The molecule has 1 N–H and O–H groups in total. The zero-order valence-corrected chi connectivity index (χ0v) is 14.8. The minimum atomic E-state index is -0.665. The van der Waals surface area contributed by atoms with Crippen molar-refractivity contribution in [3.63, 3.8) is 0 Å². The maximum absolute atomic E-state index is 11.9. The van der Waals surface area contributed by atoms with Gasteiger partial charge in [-0.25, -0.2) is 0 Å². The summed E-state index contributed by atoms with van der Waals surface area (Å²) in [5, 5.41) is 11.1. The minimum absolute atomic E-state index is 0.0154. The number of Topliss-reactive ketones (excluding diaryl/α,β-unsaturated/α-hetero) is 1. The highest BCUT2D eigenvalue weighted by Crippen LogP contribution is 2.66. The summed E-state index contributed by atoms with van der Waals surface area (Å²) in [5.74, 6) is 4.80. The first-order valence-corrected chi connectivity index (χ1v) is 9.77. The molecule has 0 aromatic heterocycles. The number of rotatable bonds is 1. The van der Waals surface area contributed by atoms with Gasteiger partial charge in [0.15, 0.2) is 0 Å². The highest BCUT2D eigenvalue weighted by atomic mass is 16.3. The zero-order chi connectivity index (χ0) is 16.4. The average Bonchev–Trinajstić information content (AvgIpc) is 2.79. The van der Waals surface area contributed by atoms with Crippen molar-refractivity contribution in [3.05, 3.63) is 12.7 Å². The molecule has 0 unspecified atom stereocenters. The molecule has 0 heterocycles. The predicted octanol–water partition coefficient (Wildman–Crippen LogP) is 4.37. The van der Waals surface area contributed by atoms with E-state index in [0.29, 0.717) is 23.5 Å². The Morgan fingerprint density at radius 3 is 2.74 bits per heavy atom. The first-order valence-electron chi connectivity index (χ1n) is 9.77. The van der Waals surface area contributed by atoms with Gasteiger partial charge in [-0.15, -0.1) is 6.58 Å². The van der Waals surface area contributed by atoms with Crippen molar-refractivity contribution >= 4 is 5.78 Å². The molecule has 0 saturated heterocycles. The summed E-state index contributed by atoms with van der Waals surface area (Å²) in [4.78, 5) is 11.9. The molecule has 0 aromatic carbocycles. The Morgan fingerprint density at radius 1 is 1.22 bits per heavy atom. The third-order valence-corrected chi connectivity index (χ3v) is 8.67. The summed E-state index contributed by atoms with van der Waals surface area (Å²) in [6.07, 6.45) is 10.3. The molecule has 0 radical (unpaired) electrons. The zero-order valence-electron chi connectivity index (χ0n) is 14.8. The Balaban J connectivity index is 1.65. The van der Waals surface area contributed by atoms with Crippen molar-refractivity contribution < 1.29 is 9.90 Å². The van der Waals surface area contributed by atoms with Crippen molar-refractivity contribution in [1.29, 1.82) is 0 Å². The van der Waals surface area contributed by atoms with E-state index in [2.05, 4.69) is 20.4 Å². The standard InChI is InChI=1S/C21H32O2/c1-4-21(23)10-8-18-19-13(2)11-14-12-15(22)5-6-16(14)17(19)7-9-20(18,21)3/h4,13-14,16-19,23H,1,5-12H2,2-3H3/t13-,14+,16+,17-,18+,19-,20+,21+/m1/s1. The van der Waals surface area contributed by atoms with Gasteiger partial charge in [0.1, 0.15) is 5.78 Å². The van der Waals surface area contributed by atoms with Gasteiger partial charge in [0, 0.05) is 18.3 Å². The van der Waals surface area contributed by atoms with E-state index in [1.54, 1.807) is 0 Å². The second-order valence-electron chi connectivity index (χ2n) is 9.39. The van der Waals surface area contributed by atoms with Crippen molar-refractivity contribution in [2.75, 3.05) is 0 Å². The molecular weight excluding hydrogens is 284 g/mol. The van der Waals surface area contributed by atoms with E-state index in [1.807, 2.05) is 6.08 Å². The second kappa shape index (κ2) is 5.18. The van der Waals surface area contributed by atoms with Crippen molar-refractivity contribution in [2.24, 2.45) is 40.9 Å². The summed E-state index contributed by atoms with van der Waals surface area (Å²) in [6, 6.07) is 0. The topological polar surface area (TPSA) is 37.3 Å². The first kappa shape index (κ1) is 15.9. The molecule has 4 aliphatic carbocycles. The van der Waals surface area contributed by atoms with Crippen molar-refractivity contribution in [1.82, 2.24) is 0 Å². The van der Waals surface area contributed by atoms with Crippen LogP contribution in [0.25, 0.3) is 0 Å². The van der Waals surface area contributed by atoms with Gasteiger partial charge < -0.3 is 5.11 Å². The second-order valence-corrected chi connectivity index (χ2v) is 9.39. The molecule has 4 fully saturated rings. The van der Waals surface area contributed by atoms with E-state index in [1.165, 1.54) is 12.8 Å². The molecule has 2 nitrogen and oxygen atoms in total. The van der Waals surface area contributed by atoms with E-state index in [0.717, 1.165) is 56.3 Å². The average molecular weight is 316 g/mol. The van der Waals surface area contributed by atoms with Crippen LogP contribution in [0.2, 0.25) is 0 Å². The molecule has 0 aliphatic heterocycles. The number of carbonyl (C=O) groups is 1. The van der Waals surface area contributed by atoms with Crippen LogP contribution in [0, 0.1) is 40.9 Å². The third kappa shape index (κ3) is 2.06. The number of aliphatic hydroxyl groups is 1. The Morgan fingerprint density at radius 2 is 2.00 bits per heavy atom. The van der Waals surface area contributed by atoms with Crippen LogP contribution in [0.3, 0.4) is 0 Å². The van der Waals surface area contributed by atoms with Gasteiger partial charge in [-0.2, -0.15) is 0 Å². The molecule has 8 atom stereocenters. The van der Waals surface area contributed by atoms with E-state index in [-0.39, 0.29) is 5.41 Å². The van der Waals surface area contributed by atoms with Crippen LogP contribution in [-0.2, 0) is 4.79 Å². The van der Waals surface area contributed by atoms with Gasteiger partial charge in [-0.1, -0.05) is 19.9 Å². The summed E-state index contributed by atoms with van der Waals surface area (Å²) < 4.78 is 0. The predicted molar refractivity (Wildman–Crippen MR) is 91.8 cm³/mol. The van der Waals surface area contributed by atoms with Crippen LogP contribution >= 0.6 is 0 Å². The highest BCUT2D eigenvalue weighted by Gasteiger charge is 2.62. The molecule has 0 spiro atoms. The fourth-order valence-corrected chi connectivity index (χ4v) is 7.50. The largest absolute Gasteiger partial charge is 0.385 e. The third-order valence-electron chi connectivity index (χ3n) is 8.67. The van der Waals surface area contributed by atoms with Crippen LogP contribution < -0.4 is 0 Å². The lowest BCUT2D eigenvalue weighted by Gasteiger charge is -2.58. The molecule has 0 aromatic rings. The lowest BCUT2D eigenvalue weighted by molar-refractivity contribution is -0.138. The number of fused-ring (bicyclic) bond motifs is 5. The number of hydrogen-bond acceptors (Lipinski definition) is 2. The molecule has 4 rings (SSSR count). The lowest BCUT2D eigenvalue weighted by atomic mass is 9.47. The van der Waals surface area contributed by atoms with Gasteiger partial charge in [0.2, 0.25) is 0 Å². The first-order chi connectivity index (χ1) is 10.9. The van der Waals surface area contributed by atoms with E-state index in [4.69, 9.17) is 0 Å². The molecule has 128 valence electrons. The van der Waals surface area contributed by atoms with Crippen LogP contribution in [0.1, 0.15) is 65.2 Å². The number of hydrogen-bond donors (Lipinski definition) is 1. The number of carbonyl (C=O) groups excluding carboxylic acids is 1. The summed E-state index contributed by atoms with van der Waals surface area (Å²) in [6.45, 7) is 8.71. The molecule has 23 heavy (non-hydrogen) atoms. The van der Waals surface area contributed by atoms with E-state index >= 15 is 0 Å². The summed E-state index contributed by atoms with van der Waals surface area (Å²) in [5.41, 5.74) is -0.650. The van der Waals surface area contributed by atoms with Gasteiger partial charge in [-0.3, -0.25) is 4.79 Å². The van der Waals surface area contributed by atoms with E-state index in [9.17, 15) is 9.90 Å². The minimum Gasteiger partial charge on any atom is -0.385 e. The maximum atomic E-state index is 11.9. The van der Waals surface area contributed by atoms with Crippen LogP contribution in [0.15, 0.2) is 12.7 Å². The monoisotopic (exact) mass is 316 g/mol. The van der Waals surface area contributed by atoms with Crippen LogP contribution in [0.5, 0.6) is 0 Å².